The van der Waals surface area contributed by atoms with Crippen molar-refractivity contribution in [1.82, 2.24) is 9.62 Å². The van der Waals surface area contributed by atoms with Crippen LogP contribution in [0.5, 0.6) is 0 Å². The molecular formula is C12H15FN2O5S. The van der Waals surface area contributed by atoms with Gasteiger partial charge in [-0.25, -0.2) is 22.3 Å². The summed E-state index contributed by atoms with van der Waals surface area (Å²) in [7, 11) is -2.83. The van der Waals surface area contributed by atoms with Gasteiger partial charge in [0.05, 0.1) is 12.1 Å². The van der Waals surface area contributed by atoms with Crippen molar-refractivity contribution in [2.75, 3.05) is 20.1 Å². The Morgan fingerprint density at radius 1 is 1.38 bits per heavy atom. The second-order valence-electron chi connectivity index (χ2n) is 4.18. The molecule has 0 radical (unpaired) electrons. The summed E-state index contributed by atoms with van der Waals surface area (Å²) < 4.78 is 39.4. The van der Waals surface area contributed by atoms with Crippen LogP contribution in [0.4, 0.5) is 4.39 Å². The molecule has 1 aromatic rings. The maximum Gasteiger partial charge on any atom is 0.335 e. The Balaban J connectivity index is 3.00. The number of likely N-dealkylation sites (N-methyl/N-ethyl adjacent to an activating group) is 1. The Labute approximate surface area is 121 Å². The number of sulfonamides is 1. The van der Waals surface area contributed by atoms with Gasteiger partial charge in [0.25, 0.3) is 0 Å². The molecule has 0 saturated carbocycles. The highest BCUT2D eigenvalue weighted by Gasteiger charge is 2.22. The number of halogens is 1. The third-order valence-corrected chi connectivity index (χ3v) is 4.20. The van der Waals surface area contributed by atoms with Crippen LogP contribution in [0, 0.1) is 5.82 Å². The molecule has 1 amide bonds. The summed E-state index contributed by atoms with van der Waals surface area (Å²) in [4.78, 5) is 22.8. The van der Waals surface area contributed by atoms with Crippen LogP contribution in [0.15, 0.2) is 23.1 Å². The number of benzene rings is 1. The molecule has 1 rings (SSSR count). The van der Waals surface area contributed by atoms with Crippen LogP contribution in [0.2, 0.25) is 0 Å². The molecule has 9 heteroatoms. The highest BCUT2D eigenvalue weighted by Crippen LogP contribution is 2.16. The molecular weight excluding hydrogens is 303 g/mol. The van der Waals surface area contributed by atoms with Crippen LogP contribution in [0.1, 0.15) is 17.3 Å². The van der Waals surface area contributed by atoms with Gasteiger partial charge in [-0.15, -0.1) is 0 Å². The number of carbonyl (C=O) groups excluding carboxylic acids is 1. The largest absolute Gasteiger partial charge is 0.478 e. The van der Waals surface area contributed by atoms with Crippen LogP contribution in [-0.2, 0) is 14.8 Å². The number of nitrogens with one attached hydrogen (secondary N) is 1. The van der Waals surface area contributed by atoms with Gasteiger partial charge in [0.1, 0.15) is 10.7 Å². The summed E-state index contributed by atoms with van der Waals surface area (Å²) >= 11 is 0. The molecule has 0 fully saturated rings. The Morgan fingerprint density at radius 3 is 2.52 bits per heavy atom. The summed E-state index contributed by atoms with van der Waals surface area (Å²) in [6.45, 7) is 1.56. The van der Waals surface area contributed by atoms with E-state index in [2.05, 4.69) is 0 Å². The molecule has 1 aromatic carbocycles. The van der Waals surface area contributed by atoms with E-state index in [0.717, 1.165) is 12.1 Å². The normalized spacial score (nSPS) is 11.2. The quantitative estimate of drug-likeness (QED) is 0.784. The van der Waals surface area contributed by atoms with Crippen LogP contribution in [0.3, 0.4) is 0 Å². The second-order valence-corrected chi connectivity index (χ2v) is 5.92. The number of hydrogen-bond donors (Lipinski definition) is 2. The van der Waals surface area contributed by atoms with E-state index in [-0.39, 0.29) is 5.56 Å². The minimum Gasteiger partial charge on any atom is -0.478 e. The first kappa shape index (κ1) is 17.1. The number of nitrogens with zero attached hydrogens (tertiary/aromatic N) is 1. The third-order valence-electron chi connectivity index (χ3n) is 2.78. The predicted molar refractivity (Wildman–Crippen MR) is 71.9 cm³/mol. The summed E-state index contributed by atoms with van der Waals surface area (Å²) in [6, 6.07) is 2.40. The zero-order valence-corrected chi connectivity index (χ0v) is 12.3. The van der Waals surface area contributed by atoms with Crippen molar-refractivity contribution < 1.29 is 27.5 Å². The first-order chi connectivity index (χ1) is 9.69. The number of amides is 1. The second kappa shape index (κ2) is 6.64. The monoisotopic (exact) mass is 318 g/mol. The van der Waals surface area contributed by atoms with Gasteiger partial charge in [-0.1, -0.05) is 0 Å². The fourth-order valence-electron chi connectivity index (χ4n) is 1.39. The average molecular weight is 318 g/mol. The van der Waals surface area contributed by atoms with Gasteiger partial charge in [0.15, 0.2) is 0 Å². The van der Waals surface area contributed by atoms with Crippen molar-refractivity contribution in [1.29, 1.82) is 0 Å². The third kappa shape index (κ3) is 4.23. The van der Waals surface area contributed by atoms with E-state index in [1.807, 2.05) is 4.72 Å². The molecule has 0 bridgehead atoms. The zero-order valence-electron chi connectivity index (χ0n) is 11.5. The Bertz CT molecular complexity index is 660. The van der Waals surface area contributed by atoms with Crippen LogP contribution in [0.25, 0.3) is 0 Å². The summed E-state index contributed by atoms with van der Waals surface area (Å²) in [5.74, 6) is -2.96. The van der Waals surface area contributed by atoms with E-state index in [9.17, 15) is 22.4 Å². The van der Waals surface area contributed by atoms with Gasteiger partial charge in [-0.05, 0) is 25.1 Å². The average Bonchev–Trinajstić information content (AvgIpc) is 2.43. The lowest BCUT2D eigenvalue weighted by molar-refractivity contribution is -0.128. The molecule has 0 heterocycles. The maximum atomic E-state index is 13.6. The molecule has 0 aliphatic rings. The molecule has 0 aliphatic heterocycles. The topological polar surface area (TPSA) is 104 Å². The smallest absolute Gasteiger partial charge is 0.335 e. The molecule has 21 heavy (non-hydrogen) atoms. The van der Waals surface area contributed by atoms with Gasteiger partial charge in [-0.2, -0.15) is 0 Å². The SMILES string of the molecule is CCN(C)C(=O)CNS(=O)(=O)c1cc(C(=O)O)ccc1F. The van der Waals surface area contributed by atoms with Crippen molar-refractivity contribution in [3.8, 4) is 0 Å². The van der Waals surface area contributed by atoms with Gasteiger partial charge in [0, 0.05) is 13.6 Å². The van der Waals surface area contributed by atoms with Crippen molar-refractivity contribution in [2.45, 2.75) is 11.8 Å². The number of aromatic carboxylic acids is 1. The summed E-state index contributed by atoms with van der Waals surface area (Å²) in [6.07, 6.45) is 0. The van der Waals surface area contributed by atoms with Crippen LogP contribution in [-0.4, -0.2) is 50.4 Å². The van der Waals surface area contributed by atoms with E-state index in [1.165, 1.54) is 11.9 Å². The Morgan fingerprint density at radius 2 is 2.00 bits per heavy atom. The number of carboxylic acids is 1. The number of rotatable bonds is 6. The fourth-order valence-corrected chi connectivity index (χ4v) is 2.46. The molecule has 0 saturated heterocycles. The van der Waals surface area contributed by atoms with E-state index in [4.69, 9.17) is 5.11 Å². The summed E-state index contributed by atoms with van der Waals surface area (Å²) in [5.41, 5.74) is -0.367. The molecule has 2 N–H and O–H groups in total. The standard InChI is InChI=1S/C12H15FN2O5S/c1-3-15(2)11(16)7-14-21(19,20)10-6-8(12(17)18)4-5-9(10)13/h4-6,14H,3,7H2,1-2H3,(H,17,18). The van der Waals surface area contributed by atoms with Crippen LogP contribution < -0.4 is 4.72 Å². The van der Waals surface area contributed by atoms with E-state index in [0.29, 0.717) is 12.6 Å². The van der Waals surface area contributed by atoms with E-state index < -0.39 is 39.2 Å². The van der Waals surface area contributed by atoms with Gasteiger partial charge < -0.3 is 10.0 Å². The lowest BCUT2D eigenvalue weighted by atomic mass is 10.2. The van der Waals surface area contributed by atoms with Gasteiger partial charge in [-0.3, -0.25) is 4.79 Å². The number of hydrogen-bond acceptors (Lipinski definition) is 4. The minimum absolute atomic E-state index is 0.367. The minimum atomic E-state index is -4.32. The molecule has 116 valence electrons. The Kier molecular flexibility index (Phi) is 5.39. The van der Waals surface area contributed by atoms with E-state index in [1.54, 1.807) is 6.92 Å². The highest BCUT2D eigenvalue weighted by atomic mass is 32.2. The molecule has 0 unspecified atom stereocenters. The van der Waals surface area contributed by atoms with Crippen molar-refractivity contribution >= 4 is 21.9 Å². The number of carbonyl (C=O) groups is 2. The van der Waals surface area contributed by atoms with Crippen molar-refractivity contribution in [3.05, 3.63) is 29.6 Å². The predicted octanol–water partition coefficient (Wildman–Crippen LogP) is 0.281. The number of carboxylic acid groups (broad SMARTS) is 1. The van der Waals surface area contributed by atoms with Gasteiger partial charge >= 0.3 is 5.97 Å². The van der Waals surface area contributed by atoms with Gasteiger partial charge in [0.2, 0.25) is 15.9 Å². The molecule has 7 nitrogen and oxygen atoms in total. The van der Waals surface area contributed by atoms with Crippen molar-refractivity contribution in [3.63, 3.8) is 0 Å². The fraction of sp³-hybridized carbons (Fsp3) is 0.333. The molecule has 0 aliphatic carbocycles. The highest BCUT2D eigenvalue weighted by molar-refractivity contribution is 7.89. The first-order valence-corrected chi connectivity index (χ1v) is 7.43. The molecule has 0 aromatic heterocycles. The Hall–Kier alpha value is -2.00. The maximum absolute atomic E-state index is 13.6. The van der Waals surface area contributed by atoms with Crippen molar-refractivity contribution in [2.24, 2.45) is 0 Å². The first-order valence-electron chi connectivity index (χ1n) is 5.95. The lowest BCUT2D eigenvalue weighted by Crippen LogP contribution is -2.38. The summed E-state index contributed by atoms with van der Waals surface area (Å²) in [5, 5.41) is 8.79. The molecule has 0 spiro atoms. The van der Waals surface area contributed by atoms with E-state index >= 15 is 0 Å². The molecule has 0 atom stereocenters. The van der Waals surface area contributed by atoms with Crippen LogP contribution >= 0.6 is 0 Å². The zero-order chi connectivity index (χ0) is 16.2. The lowest BCUT2D eigenvalue weighted by Gasteiger charge is -2.15.